The highest BCUT2D eigenvalue weighted by molar-refractivity contribution is 6.52. The van der Waals surface area contributed by atoms with Crippen molar-refractivity contribution in [3.05, 3.63) is 65.5 Å². The third-order valence-corrected chi connectivity index (χ3v) is 3.33. The number of carbonyl (C=O) groups excluding carboxylic acids is 3. The number of para-hydroxylation sites is 1. The number of carbonyl (C=O) groups is 3. The summed E-state index contributed by atoms with van der Waals surface area (Å²) < 4.78 is 13.1. The van der Waals surface area contributed by atoms with Crippen LogP contribution >= 0.6 is 0 Å². The standard InChI is InChI=1S/C16H10FNO3/c17-11-5-3-4-10(8-11)14(19)9-18-13-7-2-1-6-12(13)15(20)16(18)21/h1-8H,9H2. The van der Waals surface area contributed by atoms with E-state index in [0.29, 0.717) is 5.69 Å². The Balaban J connectivity index is 1.90. The third-order valence-electron chi connectivity index (χ3n) is 3.33. The minimum atomic E-state index is -0.735. The zero-order valence-electron chi connectivity index (χ0n) is 10.9. The molecule has 0 saturated heterocycles. The second kappa shape index (κ2) is 4.94. The summed E-state index contributed by atoms with van der Waals surface area (Å²) >= 11 is 0. The second-order valence-corrected chi connectivity index (χ2v) is 4.67. The summed E-state index contributed by atoms with van der Waals surface area (Å²) in [7, 11) is 0. The third kappa shape index (κ3) is 2.23. The molecule has 3 rings (SSSR count). The van der Waals surface area contributed by atoms with Crippen molar-refractivity contribution in [1.82, 2.24) is 0 Å². The molecule has 2 aromatic carbocycles. The van der Waals surface area contributed by atoms with Gasteiger partial charge >= 0.3 is 0 Å². The fraction of sp³-hybridized carbons (Fsp3) is 0.0625. The molecule has 0 N–H and O–H groups in total. The zero-order valence-corrected chi connectivity index (χ0v) is 10.9. The molecule has 0 atom stereocenters. The maximum Gasteiger partial charge on any atom is 0.299 e. The minimum absolute atomic E-state index is 0.166. The molecule has 0 unspecified atom stereocenters. The first-order valence-corrected chi connectivity index (χ1v) is 6.32. The Kier molecular flexibility index (Phi) is 3.10. The van der Waals surface area contributed by atoms with Gasteiger partial charge in [-0.05, 0) is 24.3 Å². The molecule has 0 spiro atoms. The predicted octanol–water partition coefficient (Wildman–Crippen LogP) is 2.24. The first-order valence-electron chi connectivity index (χ1n) is 6.32. The van der Waals surface area contributed by atoms with E-state index in [1.54, 1.807) is 24.3 Å². The summed E-state index contributed by atoms with van der Waals surface area (Å²) in [5.41, 5.74) is 0.867. The molecule has 0 bridgehead atoms. The number of Topliss-reactive ketones (excluding diaryl/α,β-unsaturated/α-hetero) is 2. The van der Waals surface area contributed by atoms with Gasteiger partial charge in [-0.15, -0.1) is 0 Å². The molecule has 0 fully saturated rings. The van der Waals surface area contributed by atoms with Crippen molar-refractivity contribution in [3.8, 4) is 0 Å². The van der Waals surface area contributed by atoms with Crippen molar-refractivity contribution in [3.63, 3.8) is 0 Å². The molecule has 0 saturated carbocycles. The van der Waals surface area contributed by atoms with E-state index in [1.165, 1.54) is 18.2 Å². The summed E-state index contributed by atoms with van der Waals surface area (Å²) in [5, 5.41) is 0. The number of nitrogens with zero attached hydrogens (tertiary/aromatic N) is 1. The van der Waals surface area contributed by atoms with Crippen molar-refractivity contribution < 1.29 is 18.8 Å². The fourth-order valence-corrected chi connectivity index (χ4v) is 2.30. The molecule has 104 valence electrons. The predicted molar refractivity (Wildman–Crippen MR) is 73.9 cm³/mol. The van der Waals surface area contributed by atoms with E-state index in [4.69, 9.17) is 0 Å². The molecule has 1 aliphatic rings. The highest BCUT2D eigenvalue weighted by atomic mass is 19.1. The van der Waals surface area contributed by atoms with Gasteiger partial charge in [0.1, 0.15) is 5.82 Å². The minimum Gasteiger partial charge on any atom is -0.297 e. The molecule has 1 amide bonds. The van der Waals surface area contributed by atoms with Crippen molar-refractivity contribution >= 4 is 23.2 Å². The van der Waals surface area contributed by atoms with Gasteiger partial charge in [-0.1, -0.05) is 24.3 Å². The van der Waals surface area contributed by atoms with E-state index in [-0.39, 0.29) is 17.7 Å². The van der Waals surface area contributed by atoms with Crippen LogP contribution in [0.1, 0.15) is 20.7 Å². The molecular formula is C16H10FNO3. The topological polar surface area (TPSA) is 54.5 Å². The number of hydrogen-bond acceptors (Lipinski definition) is 3. The summed E-state index contributed by atoms with van der Waals surface area (Å²) in [6.07, 6.45) is 0. The second-order valence-electron chi connectivity index (χ2n) is 4.67. The van der Waals surface area contributed by atoms with Crippen molar-refractivity contribution in [2.45, 2.75) is 0 Å². The van der Waals surface area contributed by atoms with E-state index in [2.05, 4.69) is 0 Å². The number of amides is 1. The first kappa shape index (κ1) is 13.2. The average molecular weight is 283 g/mol. The maximum absolute atomic E-state index is 13.1. The molecule has 1 heterocycles. The number of ketones is 2. The van der Waals surface area contributed by atoms with Gasteiger partial charge in [0.05, 0.1) is 17.8 Å². The van der Waals surface area contributed by atoms with Crippen LogP contribution in [0.5, 0.6) is 0 Å². The highest BCUT2D eigenvalue weighted by Gasteiger charge is 2.36. The van der Waals surface area contributed by atoms with Crippen LogP contribution in [0.4, 0.5) is 10.1 Å². The number of anilines is 1. The lowest BCUT2D eigenvalue weighted by molar-refractivity contribution is -0.114. The molecule has 4 nitrogen and oxygen atoms in total. The van der Waals surface area contributed by atoms with Crippen molar-refractivity contribution in [2.75, 3.05) is 11.4 Å². The molecule has 0 aliphatic carbocycles. The van der Waals surface area contributed by atoms with Crippen LogP contribution in [0.3, 0.4) is 0 Å². The Labute approximate surface area is 119 Å². The molecule has 21 heavy (non-hydrogen) atoms. The Hall–Kier alpha value is -2.82. The first-order chi connectivity index (χ1) is 10.1. The van der Waals surface area contributed by atoms with Crippen LogP contribution in [0.2, 0.25) is 0 Å². The normalized spacial score (nSPS) is 13.5. The lowest BCUT2D eigenvalue weighted by Crippen LogP contribution is -2.34. The van der Waals surface area contributed by atoms with E-state index in [1.807, 2.05) is 0 Å². The number of halogens is 1. The Morgan fingerprint density at radius 2 is 1.81 bits per heavy atom. The van der Waals surface area contributed by atoms with E-state index in [9.17, 15) is 18.8 Å². The van der Waals surface area contributed by atoms with Gasteiger partial charge in [0.25, 0.3) is 11.7 Å². The lowest BCUT2D eigenvalue weighted by atomic mass is 10.1. The number of hydrogen-bond donors (Lipinski definition) is 0. The Bertz CT molecular complexity index is 770. The summed E-state index contributed by atoms with van der Waals surface area (Å²) in [6, 6.07) is 11.7. The van der Waals surface area contributed by atoms with Crippen LogP contribution in [0, 0.1) is 5.82 Å². The van der Waals surface area contributed by atoms with Crippen LogP contribution in [0.15, 0.2) is 48.5 Å². The van der Waals surface area contributed by atoms with E-state index in [0.717, 1.165) is 11.0 Å². The fourth-order valence-electron chi connectivity index (χ4n) is 2.30. The summed E-state index contributed by atoms with van der Waals surface area (Å²) in [5.74, 6) is -2.31. The molecule has 2 aromatic rings. The number of benzene rings is 2. The largest absolute Gasteiger partial charge is 0.299 e. The Morgan fingerprint density at radius 3 is 2.57 bits per heavy atom. The number of rotatable bonds is 3. The van der Waals surface area contributed by atoms with Gasteiger partial charge < -0.3 is 0 Å². The average Bonchev–Trinajstić information content (AvgIpc) is 2.73. The smallest absolute Gasteiger partial charge is 0.297 e. The maximum atomic E-state index is 13.1. The molecular weight excluding hydrogens is 273 g/mol. The van der Waals surface area contributed by atoms with Crippen LogP contribution in [0.25, 0.3) is 0 Å². The quantitative estimate of drug-likeness (QED) is 0.641. The molecule has 0 radical (unpaired) electrons. The van der Waals surface area contributed by atoms with Gasteiger partial charge in [0, 0.05) is 5.56 Å². The SMILES string of the molecule is O=C(CN1C(=O)C(=O)c2ccccc21)c1cccc(F)c1. The van der Waals surface area contributed by atoms with Gasteiger partial charge in [-0.25, -0.2) is 4.39 Å². The zero-order chi connectivity index (χ0) is 15.0. The monoisotopic (exact) mass is 283 g/mol. The molecule has 5 heteroatoms. The Morgan fingerprint density at radius 1 is 1.05 bits per heavy atom. The van der Waals surface area contributed by atoms with Crippen molar-refractivity contribution in [2.24, 2.45) is 0 Å². The van der Waals surface area contributed by atoms with Gasteiger partial charge in [-0.2, -0.15) is 0 Å². The van der Waals surface area contributed by atoms with Gasteiger partial charge in [0.2, 0.25) is 0 Å². The summed E-state index contributed by atoms with van der Waals surface area (Å²) in [4.78, 5) is 37.0. The van der Waals surface area contributed by atoms with Crippen LogP contribution < -0.4 is 4.90 Å². The van der Waals surface area contributed by atoms with Gasteiger partial charge in [0.15, 0.2) is 5.78 Å². The van der Waals surface area contributed by atoms with Crippen molar-refractivity contribution in [1.29, 1.82) is 0 Å². The van der Waals surface area contributed by atoms with Crippen LogP contribution in [-0.2, 0) is 4.79 Å². The highest BCUT2D eigenvalue weighted by Crippen LogP contribution is 2.28. The summed E-state index contributed by atoms with van der Waals surface area (Å²) in [6.45, 7) is -0.287. The van der Waals surface area contributed by atoms with Crippen LogP contribution in [-0.4, -0.2) is 24.0 Å². The molecule has 0 aromatic heterocycles. The number of fused-ring (bicyclic) bond motifs is 1. The van der Waals surface area contributed by atoms with E-state index >= 15 is 0 Å². The van der Waals surface area contributed by atoms with Gasteiger partial charge in [-0.3, -0.25) is 19.3 Å². The molecule has 1 aliphatic heterocycles. The lowest BCUT2D eigenvalue weighted by Gasteiger charge is -2.15. The van der Waals surface area contributed by atoms with E-state index < -0.39 is 23.3 Å².